The Bertz CT molecular complexity index is 881. The number of para-hydroxylation sites is 1. The zero-order chi connectivity index (χ0) is 18.9. The number of hydrogen-bond donors (Lipinski definition) is 3. The standard InChI is InChI=1S/C22H26N4O.HI/c1-2-23-22(26-16-19(27)14-17-8-4-3-5-9-17)25-15-18-12-13-24-21-11-7-6-10-20(18)21;/h3-13,19,27H,2,14-16H2,1H3,(H2,23,25,26);1H. The summed E-state index contributed by atoms with van der Waals surface area (Å²) in [6, 6.07) is 20.1. The van der Waals surface area contributed by atoms with E-state index in [0.717, 1.165) is 28.6 Å². The minimum absolute atomic E-state index is 0. The van der Waals surface area contributed by atoms with E-state index in [1.54, 1.807) is 0 Å². The van der Waals surface area contributed by atoms with Crippen LogP contribution in [0.2, 0.25) is 0 Å². The van der Waals surface area contributed by atoms with Gasteiger partial charge in [-0.05, 0) is 30.2 Å². The Morgan fingerprint density at radius 1 is 1.04 bits per heavy atom. The van der Waals surface area contributed by atoms with Gasteiger partial charge in [-0.2, -0.15) is 0 Å². The van der Waals surface area contributed by atoms with Crippen molar-refractivity contribution in [2.75, 3.05) is 13.1 Å². The predicted molar refractivity (Wildman–Crippen MR) is 126 cm³/mol. The van der Waals surface area contributed by atoms with Crippen LogP contribution in [-0.2, 0) is 13.0 Å². The van der Waals surface area contributed by atoms with Gasteiger partial charge in [0.15, 0.2) is 5.96 Å². The molecule has 0 saturated heterocycles. The molecule has 0 saturated carbocycles. The van der Waals surface area contributed by atoms with E-state index in [-0.39, 0.29) is 24.0 Å². The normalized spacial score (nSPS) is 12.3. The number of benzene rings is 2. The van der Waals surface area contributed by atoms with Gasteiger partial charge in [0.05, 0.1) is 18.2 Å². The van der Waals surface area contributed by atoms with Gasteiger partial charge in [-0.25, -0.2) is 4.99 Å². The highest BCUT2D eigenvalue weighted by atomic mass is 127. The lowest BCUT2D eigenvalue weighted by Gasteiger charge is -2.15. The zero-order valence-electron chi connectivity index (χ0n) is 16.0. The molecule has 1 atom stereocenters. The molecule has 28 heavy (non-hydrogen) atoms. The minimum atomic E-state index is -0.474. The summed E-state index contributed by atoms with van der Waals surface area (Å²) in [6.45, 7) is 3.78. The number of aliphatic hydroxyl groups is 1. The molecule has 3 rings (SSSR count). The van der Waals surface area contributed by atoms with Gasteiger partial charge >= 0.3 is 0 Å². The van der Waals surface area contributed by atoms with Crippen LogP contribution in [0.25, 0.3) is 10.9 Å². The number of aliphatic imine (C=N–C) groups is 1. The molecule has 0 aliphatic heterocycles. The van der Waals surface area contributed by atoms with Crippen molar-refractivity contribution in [2.45, 2.75) is 26.0 Å². The van der Waals surface area contributed by atoms with Gasteiger partial charge in [-0.1, -0.05) is 48.5 Å². The van der Waals surface area contributed by atoms with E-state index in [0.29, 0.717) is 25.5 Å². The first-order valence-corrected chi connectivity index (χ1v) is 9.33. The Labute approximate surface area is 183 Å². The SMILES string of the molecule is CCNC(=NCc1ccnc2ccccc12)NCC(O)Cc1ccccc1.I. The molecule has 0 fully saturated rings. The average molecular weight is 490 g/mol. The maximum Gasteiger partial charge on any atom is 0.191 e. The Morgan fingerprint density at radius 2 is 1.79 bits per heavy atom. The molecule has 3 aromatic rings. The lowest BCUT2D eigenvalue weighted by molar-refractivity contribution is 0.177. The van der Waals surface area contributed by atoms with Crippen molar-refractivity contribution in [3.63, 3.8) is 0 Å². The van der Waals surface area contributed by atoms with E-state index in [9.17, 15) is 5.11 Å². The van der Waals surface area contributed by atoms with E-state index in [2.05, 4.69) is 26.7 Å². The van der Waals surface area contributed by atoms with Crippen molar-refractivity contribution in [3.05, 3.63) is 78.0 Å². The van der Waals surface area contributed by atoms with Gasteiger partial charge < -0.3 is 15.7 Å². The number of rotatable bonds is 7. The van der Waals surface area contributed by atoms with Crippen molar-refractivity contribution in [1.29, 1.82) is 0 Å². The molecule has 1 heterocycles. The summed E-state index contributed by atoms with van der Waals surface area (Å²) in [5, 5.41) is 17.9. The largest absolute Gasteiger partial charge is 0.391 e. The van der Waals surface area contributed by atoms with Crippen molar-refractivity contribution in [3.8, 4) is 0 Å². The van der Waals surface area contributed by atoms with Crippen LogP contribution in [0.5, 0.6) is 0 Å². The summed E-state index contributed by atoms with van der Waals surface area (Å²) >= 11 is 0. The van der Waals surface area contributed by atoms with E-state index in [1.807, 2.05) is 67.7 Å². The van der Waals surface area contributed by atoms with Crippen LogP contribution in [0, 0.1) is 0 Å². The fourth-order valence-corrected chi connectivity index (χ4v) is 2.97. The summed E-state index contributed by atoms with van der Waals surface area (Å²) in [7, 11) is 0. The topological polar surface area (TPSA) is 69.5 Å². The molecular formula is C22H27IN4O. The summed E-state index contributed by atoms with van der Waals surface area (Å²) in [5.41, 5.74) is 3.22. The fraction of sp³-hybridized carbons (Fsp3) is 0.273. The van der Waals surface area contributed by atoms with Crippen LogP contribution in [0.4, 0.5) is 0 Å². The van der Waals surface area contributed by atoms with E-state index in [4.69, 9.17) is 0 Å². The highest BCUT2D eigenvalue weighted by Gasteiger charge is 2.07. The number of aliphatic hydroxyl groups excluding tert-OH is 1. The van der Waals surface area contributed by atoms with Crippen LogP contribution in [0.1, 0.15) is 18.1 Å². The fourth-order valence-electron chi connectivity index (χ4n) is 2.97. The minimum Gasteiger partial charge on any atom is -0.391 e. The average Bonchev–Trinajstić information content (AvgIpc) is 2.71. The molecule has 148 valence electrons. The van der Waals surface area contributed by atoms with Gasteiger partial charge in [0, 0.05) is 31.1 Å². The molecular weight excluding hydrogens is 463 g/mol. The van der Waals surface area contributed by atoms with Crippen molar-refractivity contribution in [1.82, 2.24) is 15.6 Å². The van der Waals surface area contributed by atoms with Gasteiger partial charge in [-0.3, -0.25) is 4.98 Å². The third-order valence-electron chi connectivity index (χ3n) is 4.31. The summed E-state index contributed by atoms with van der Waals surface area (Å²) in [6.07, 6.45) is 1.96. The Kier molecular flexibility index (Phi) is 9.16. The van der Waals surface area contributed by atoms with E-state index >= 15 is 0 Å². The number of pyridine rings is 1. The van der Waals surface area contributed by atoms with Crippen LogP contribution in [-0.4, -0.2) is 35.2 Å². The first-order chi connectivity index (χ1) is 13.3. The van der Waals surface area contributed by atoms with Crippen molar-refractivity contribution < 1.29 is 5.11 Å². The number of nitrogens with zero attached hydrogens (tertiary/aromatic N) is 2. The van der Waals surface area contributed by atoms with Gasteiger partial charge in [0.1, 0.15) is 0 Å². The van der Waals surface area contributed by atoms with Crippen LogP contribution in [0.15, 0.2) is 71.9 Å². The molecule has 1 aromatic heterocycles. The second-order valence-corrected chi connectivity index (χ2v) is 6.41. The van der Waals surface area contributed by atoms with Crippen LogP contribution < -0.4 is 10.6 Å². The molecule has 3 N–H and O–H groups in total. The molecule has 0 spiro atoms. The van der Waals surface area contributed by atoms with Crippen molar-refractivity contribution >= 4 is 40.8 Å². The zero-order valence-corrected chi connectivity index (χ0v) is 18.3. The summed E-state index contributed by atoms with van der Waals surface area (Å²) in [5.74, 6) is 0.700. The third-order valence-corrected chi connectivity index (χ3v) is 4.31. The summed E-state index contributed by atoms with van der Waals surface area (Å²) < 4.78 is 0. The number of fused-ring (bicyclic) bond motifs is 1. The quantitative estimate of drug-likeness (QED) is 0.270. The van der Waals surface area contributed by atoms with Gasteiger partial charge in [0.2, 0.25) is 0 Å². The maximum atomic E-state index is 10.3. The van der Waals surface area contributed by atoms with Crippen molar-refractivity contribution in [2.24, 2.45) is 4.99 Å². The molecule has 5 nitrogen and oxygen atoms in total. The second kappa shape index (κ2) is 11.6. The number of guanidine groups is 1. The Balaban J connectivity index is 0.00000280. The first-order valence-electron chi connectivity index (χ1n) is 9.33. The van der Waals surface area contributed by atoms with Gasteiger partial charge in [-0.15, -0.1) is 24.0 Å². The lowest BCUT2D eigenvalue weighted by atomic mass is 10.1. The smallest absolute Gasteiger partial charge is 0.191 e. The molecule has 0 radical (unpaired) electrons. The number of aromatic nitrogens is 1. The highest BCUT2D eigenvalue weighted by Crippen LogP contribution is 2.16. The summed E-state index contributed by atoms with van der Waals surface area (Å²) in [4.78, 5) is 9.06. The Hall–Kier alpha value is -2.19. The number of hydrogen-bond acceptors (Lipinski definition) is 3. The molecule has 0 bridgehead atoms. The molecule has 2 aromatic carbocycles. The lowest BCUT2D eigenvalue weighted by Crippen LogP contribution is -2.41. The molecule has 6 heteroatoms. The van der Waals surface area contributed by atoms with Crippen LogP contribution in [0.3, 0.4) is 0 Å². The molecule has 1 unspecified atom stereocenters. The predicted octanol–water partition coefficient (Wildman–Crippen LogP) is 3.51. The van der Waals surface area contributed by atoms with E-state index < -0.39 is 6.10 Å². The molecule has 0 aliphatic carbocycles. The van der Waals surface area contributed by atoms with Gasteiger partial charge in [0.25, 0.3) is 0 Å². The second-order valence-electron chi connectivity index (χ2n) is 6.41. The molecule has 0 aliphatic rings. The number of nitrogens with one attached hydrogen (secondary N) is 2. The van der Waals surface area contributed by atoms with Crippen LogP contribution >= 0.6 is 24.0 Å². The third kappa shape index (κ3) is 6.45. The van der Waals surface area contributed by atoms with E-state index in [1.165, 1.54) is 0 Å². The number of halogens is 1. The highest BCUT2D eigenvalue weighted by molar-refractivity contribution is 14.0. The monoisotopic (exact) mass is 490 g/mol. The molecule has 0 amide bonds. The first kappa shape index (κ1) is 22.1. The Morgan fingerprint density at radius 3 is 2.57 bits per heavy atom. The maximum absolute atomic E-state index is 10.3.